The van der Waals surface area contributed by atoms with Crippen molar-refractivity contribution in [1.29, 1.82) is 0 Å². The summed E-state index contributed by atoms with van der Waals surface area (Å²) in [7, 11) is -0.854. The molecule has 5 unspecified atom stereocenters. The molecule has 2 fully saturated rings. The van der Waals surface area contributed by atoms with Gasteiger partial charge in [-0.25, -0.2) is 4.79 Å². The fourth-order valence-electron chi connectivity index (χ4n) is 5.29. The van der Waals surface area contributed by atoms with E-state index in [1.54, 1.807) is 0 Å². The lowest BCUT2D eigenvalue weighted by molar-refractivity contribution is -0.239. The highest BCUT2D eigenvalue weighted by molar-refractivity contribution is 6.74. The van der Waals surface area contributed by atoms with E-state index < -0.39 is 20.1 Å². The zero-order valence-electron chi connectivity index (χ0n) is 20.1. The van der Waals surface area contributed by atoms with Gasteiger partial charge < -0.3 is 13.9 Å². The number of carbonyl (C=O) groups excluding carboxylic acids is 1. The number of esters is 1. The van der Waals surface area contributed by atoms with Crippen LogP contribution in [-0.2, 0) is 18.7 Å². The highest BCUT2D eigenvalue weighted by atomic mass is 28.4. The van der Waals surface area contributed by atoms with Gasteiger partial charge in [0.25, 0.3) is 5.79 Å². The van der Waals surface area contributed by atoms with E-state index in [2.05, 4.69) is 47.4 Å². The van der Waals surface area contributed by atoms with Gasteiger partial charge in [0.1, 0.15) is 0 Å². The zero-order chi connectivity index (χ0) is 22.1. The molecule has 0 aromatic heterocycles. The van der Waals surface area contributed by atoms with Gasteiger partial charge >= 0.3 is 5.97 Å². The fraction of sp³-hybridized carbons (Fsp3) is 0.875. The molecule has 2 aliphatic carbocycles. The predicted octanol–water partition coefficient (Wildman–Crippen LogP) is 6.47. The Bertz CT molecular complexity index is 596. The normalized spacial score (nSPS) is 30.9. The SMILES string of the molecule is C=CC(OC(CC)(O[Si](C)(C)C(C)(C)C)C(=O)OC)C1CCC2CCCCC21C. The molecule has 0 heterocycles. The van der Waals surface area contributed by atoms with E-state index in [0.717, 1.165) is 12.3 Å². The summed E-state index contributed by atoms with van der Waals surface area (Å²) in [6.07, 6.45) is 9.63. The van der Waals surface area contributed by atoms with Crippen molar-refractivity contribution in [3.05, 3.63) is 12.7 Å². The van der Waals surface area contributed by atoms with Gasteiger partial charge in [0, 0.05) is 6.42 Å². The summed E-state index contributed by atoms with van der Waals surface area (Å²) in [6, 6.07) is 0. The Morgan fingerprint density at radius 1 is 1.24 bits per heavy atom. The van der Waals surface area contributed by atoms with Crippen LogP contribution >= 0.6 is 0 Å². The van der Waals surface area contributed by atoms with Gasteiger partial charge in [0.2, 0.25) is 0 Å². The summed E-state index contributed by atoms with van der Waals surface area (Å²) in [5.74, 6) is -0.689. The highest BCUT2D eigenvalue weighted by Crippen LogP contribution is 2.57. The van der Waals surface area contributed by atoms with Gasteiger partial charge in [-0.1, -0.05) is 53.5 Å². The average molecular weight is 425 g/mol. The van der Waals surface area contributed by atoms with Gasteiger partial charge in [-0.2, -0.15) is 0 Å². The molecule has 0 radical (unpaired) electrons. The van der Waals surface area contributed by atoms with Gasteiger partial charge in [0.05, 0.1) is 13.2 Å². The second-order valence-corrected chi connectivity index (χ2v) is 15.6. The number of methoxy groups -OCH3 is 1. The van der Waals surface area contributed by atoms with Gasteiger partial charge in [0.15, 0.2) is 8.32 Å². The Hall–Kier alpha value is -0.653. The predicted molar refractivity (Wildman–Crippen MR) is 121 cm³/mol. The number of hydrogen-bond donors (Lipinski definition) is 0. The Kier molecular flexibility index (Phi) is 7.50. The summed E-state index contributed by atoms with van der Waals surface area (Å²) in [5.41, 5.74) is 0.254. The van der Waals surface area contributed by atoms with Crippen LogP contribution in [0.15, 0.2) is 12.7 Å². The lowest BCUT2D eigenvalue weighted by atomic mass is 9.64. The maximum atomic E-state index is 13.0. The minimum absolute atomic E-state index is 0.0394. The Morgan fingerprint density at radius 2 is 1.90 bits per heavy atom. The molecule has 2 saturated carbocycles. The van der Waals surface area contributed by atoms with Crippen molar-refractivity contribution in [3.8, 4) is 0 Å². The summed E-state index contributed by atoms with van der Waals surface area (Å²) >= 11 is 0. The fourth-order valence-corrected chi connectivity index (χ4v) is 6.70. The van der Waals surface area contributed by atoms with Crippen LogP contribution in [0.3, 0.4) is 0 Å². The van der Waals surface area contributed by atoms with E-state index in [4.69, 9.17) is 13.9 Å². The van der Waals surface area contributed by atoms with Crippen molar-refractivity contribution >= 4 is 14.3 Å². The Balaban J connectivity index is 2.36. The van der Waals surface area contributed by atoms with Crippen molar-refractivity contribution in [2.75, 3.05) is 7.11 Å². The second-order valence-electron chi connectivity index (χ2n) is 10.9. The zero-order valence-corrected chi connectivity index (χ0v) is 21.1. The molecule has 2 aliphatic rings. The molecule has 0 bridgehead atoms. The van der Waals surface area contributed by atoms with E-state index in [0.29, 0.717) is 12.3 Å². The maximum Gasteiger partial charge on any atom is 0.365 e. The molecule has 0 aromatic carbocycles. The first-order valence-electron chi connectivity index (χ1n) is 11.5. The maximum absolute atomic E-state index is 13.0. The van der Waals surface area contributed by atoms with Gasteiger partial charge in [-0.15, -0.1) is 6.58 Å². The third kappa shape index (κ3) is 4.67. The van der Waals surface area contributed by atoms with E-state index in [1.807, 2.05) is 13.0 Å². The standard InChI is InChI=1S/C24H44O4Si/c1-10-20(19-16-15-18-14-12-13-17-23(18,19)6)27-24(11-2,21(25)26-7)28-29(8,9)22(3,4)5/h10,18-20H,1,11-17H2,2-9H3. The van der Waals surface area contributed by atoms with Crippen LogP contribution in [0, 0.1) is 17.3 Å². The van der Waals surface area contributed by atoms with Gasteiger partial charge in [-0.3, -0.25) is 0 Å². The molecule has 5 heteroatoms. The lowest BCUT2D eigenvalue weighted by Crippen LogP contribution is -2.57. The molecule has 0 saturated heterocycles. The first kappa shape index (κ1) is 24.6. The van der Waals surface area contributed by atoms with E-state index in [1.165, 1.54) is 39.2 Å². The monoisotopic (exact) mass is 424 g/mol. The third-order valence-corrected chi connectivity index (χ3v) is 12.7. The van der Waals surface area contributed by atoms with Crippen LogP contribution in [-0.4, -0.2) is 33.3 Å². The number of fused-ring (bicyclic) bond motifs is 1. The van der Waals surface area contributed by atoms with Crippen LogP contribution in [0.1, 0.15) is 79.6 Å². The lowest BCUT2D eigenvalue weighted by Gasteiger charge is -2.47. The molecule has 4 nitrogen and oxygen atoms in total. The quantitative estimate of drug-likeness (QED) is 0.194. The van der Waals surface area contributed by atoms with Crippen molar-refractivity contribution in [2.45, 2.75) is 110 Å². The molecular formula is C24H44O4Si. The van der Waals surface area contributed by atoms with Crippen LogP contribution in [0.2, 0.25) is 18.1 Å². The smallest absolute Gasteiger partial charge is 0.365 e. The number of rotatable bonds is 8. The van der Waals surface area contributed by atoms with Crippen LogP contribution in [0.4, 0.5) is 0 Å². The van der Waals surface area contributed by atoms with E-state index in [-0.39, 0.29) is 16.6 Å². The topological polar surface area (TPSA) is 44.8 Å². The third-order valence-electron chi connectivity index (χ3n) is 8.27. The molecule has 2 rings (SSSR count). The van der Waals surface area contributed by atoms with Crippen LogP contribution < -0.4 is 0 Å². The van der Waals surface area contributed by atoms with E-state index >= 15 is 0 Å². The second kappa shape index (κ2) is 8.84. The minimum Gasteiger partial charge on any atom is -0.465 e. The number of ether oxygens (including phenoxy) is 2. The largest absolute Gasteiger partial charge is 0.465 e. The summed E-state index contributed by atoms with van der Waals surface area (Å²) < 4.78 is 18.5. The molecule has 5 atom stereocenters. The molecule has 0 spiro atoms. The summed E-state index contributed by atoms with van der Waals surface area (Å²) in [5, 5.41) is -0.0394. The first-order valence-corrected chi connectivity index (χ1v) is 14.4. The molecule has 29 heavy (non-hydrogen) atoms. The van der Waals surface area contributed by atoms with Crippen molar-refractivity contribution in [1.82, 2.24) is 0 Å². The van der Waals surface area contributed by atoms with Crippen LogP contribution in [0.25, 0.3) is 0 Å². The average Bonchev–Trinajstić information content (AvgIpc) is 3.00. The minimum atomic E-state index is -2.27. The first-order chi connectivity index (χ1) is 13.4. The molecular weight excluding hydrogens is 380 g/mol. The van der Waals surface area contributed by atoms with Crippen molar-refractivity contribution in [3.63, 3.8) is 0 Å². The molecule has 0 amide bonds. The molecule has 168 valence electrons. The van der Waals surface area contributed by atoms with E-state index in [9.17, 15) is 4.79 Å². The van der Waals surface area contributed by atoms with Gasteiger partial charge in [-0.05, 0) is 61.1 Å². The number of hydrogen-bond acceptors (Lipinski definition) is 4. The number of carbonyl (C=O) groups is 1. The Labute approximate surface area is 179 Å². The highest BCUT2D eigenvalue weighted by Gasteiger charge is 2.55. The molecule has 0 aromatic rings. The summed E-state index contributed by atoms with van der Waals surface area (Å²) in [4.78, 5) is 13.0. The van der Waals surface area contributed by atoms with Crippen molar-refractivity contribution in [2.24, 2.45) is 17.3 Å². The Morgan fingerprint density at radius 3 is 2.41 bits per heavy atom. The molecule has 0 aliphatic heterocycles. The molecule has 0 N–H and O–H groups in total. The van der Waals surface area contributed by atoms with Crippen LogP contribution in [0.5, 0.6) is 0 Å². The summed E-state index contributed by atoms with van der Waals surface area (Å²) in [6.45, 7) is 19.3. The van der Waals surface area contributed by atoms with Crippen molar-refractivity contribution < 1.29 is 18.7 Å².